The minimum atomic E-state index is -0.557. The molecule has 166 valence electrons. The first-order valence-electron chi connectivity index (χ1n) is 11.0. The van der Waals surface area contributed by atoms with Gasteiger partial charge < -0.3 is 15.0 Å². The van der Waals surface area contributed by atoms with Crippen LogP contribution in [0.5, 0.6) is 0 Å². The summed E-state index contributed by atoms with van der Waals surface area (Å²) >= 11 is 0. The average molecular weight is 425 g/mol. The molecule has 3 aliphatic rings. The number of carbonyl (C=O) groups is 2. The quantitative estimate of drug-likeness (QED) is 0.809. The van der Waals surface area contributed by atoms with Crippen LogP contribution in [-0.2, 0) is 11.8 Å². The van der Waals surface area contributed by atoms with E-state index in [4.69, 9.17) is 4.74 Å². The summed E-state index contributed by atoms with van der Waals surface area (Å²) in [6.07, 6.45) is 3.48. The van der Waals surface area contributed by atoms with Gasteiger partial charge in [0.2, 0.25) is 0 Å². The molecule has 1 aromatic carbocycles. The summed E-state index contributed by atoms with van der Waals surface area (Å²) in [4.78, 5) is 28.0. The Balaban J connectivity index is 1.58. The summed E-state index contributed by atoms with van der Waals surface area (Å²) in [6.45, 7) is 8.08. The van der Waals surface area contributed by atoms with Gasteiger partial charge in [-0.15, -0.1) is 0 Å². The van der Waals surface area contributed by atoms with Gasteiger partial charge in [-0.2, -0.15) is 5.10 Å². The van der Waals surface area contributed by atoms with Gasteiger partial charge >= 0.3 is 6.09 Å². The van der Waals surface area contributed by atoms with Crippen LogP contribution in [-0.4, -0.2) is 50.9 Å². The molecule has 1 saturated carbocycles. The number of carbonyl (C=O) groups excluding carboxylic acids is 2. The van der Waals surface area contributed by atoms with Crippen molar-refractivity contribution in [1.82, 2.24) is 20.0 Å². The lowest BCUT2D eigenvalue weighted by Crippen LogP contribution is -2.65. The Morgan fingerprint density at radius 3 is 2.52 bits per heavy atom. The van der Waals surface area contributed by atoms with Gasteiger partial charge in [-0.25, -0.2) is 4.79 Å². The molecule has 5 rings (SSSR count). The number of hydrogen-bond donors (Lipinski definition) is 1. The number of ether oxygens (including phenoxy) is 1. The topological polar surface area (TPSA) is 76.5 Å². The highest BCUT2D eigenvalue weighted by molar-refractivity contribution is 5.99. The number of rotatable bonds is 4. The number of aromatic nitrogens is 2. The average Bonchev–Trinajstić information content (AvgIpc) is 3.06. The molecule has 3 heterocycles. The summed E-state index contributed by atoms with van der Waals surface area (Å²) < 4.78 is 7.09. The van der Waals surface area contributed by atoms with Gasteiger partial charge in [0.05, 0.1) is 6.04 Å². The molecule has 7 nitrogen and oxygen atoms in total. The number of fused-ring (bicyclic) bond motifs is 2. The molecule has 2 atom stereocenters. The number of alkyl carbamates (subject to hydrolysis) is 1. The fourth-order valence-electron chi connectivity index (χ4n) is 4.83. The Morgan fingerprint density at radius 2 is 1.87 bits per heavy atom. The van der Waals surface area contributed by atoms with E-state index in [1.807, 2.05) is 69.2 Å². The van der Waals surface area contributed by atoms with Crippen molar-refractivity contribution >= 4 is 12.0 Å². The number of piperidine rings is 2. The molecule has 7 heteroatoms. The fourth-order valence-corrected chi connectivity index (χ4v) is 4.83. The molecule has 1 aromatic heterocycles. The second-order valence-corrected chi connectivity index (χ2v) is 9.84. The highest BCUT2D eigenvalue weighted by Crippen LogP contribution is 2.47. The van der Waals surface area contributed by atoms with Gasteiger partial charge in [0, 0.05) is 31.4 Å². The molecule has 3 fully saturated rings. The maximum Gasteiger partial charge on any atom is 0.407 e. The second kappa shape index (κ2) is 8.02. The minimum Gasteiger partial charge on any atom is -0.444 e. The first kappa shape index (κ1) is 21.4. The Bertz CT molecular complexity index is 957. The van der Waals surface area contributed by atoms with Gasteiger partial charge in [-0.3, -0.25) is 9.48 Å². The fraction of sp³-hybridized carbons (Fsp3) is 0.542. The smallest absolute Gasteiger partial charge is 0.407 e. The number of aryl methyl sites for hydroxylation is 1. The maximum atomic E-state index is 13.8. The van der Waals surface area contributed by atoms with E-state index in [0.29, 0.717) is 24.1 Å². The van der Waals surface area contributed by atoms with Gasteiger partial charge in [0.15, 0.2) is 5.69 Å². The second-order valence-electron chi connectivity index (χ2n) is 9.84. The van der Waals surface area contributed by atoms with E-state index >= 15 is 0 Å². The maximum absolute atomic E-state index is 13.8. The zero-order valence-corrected chi connectivity index (χ0v) is 19.0. The molecule has 0 spiro atoms. The Morgan fingerprint density at radius 1 is 1.19 bits per heavy atom. The minimum absolute atomic E-state index is 0.0644. The van der Waals surface area contributed by atoms with Crippen LogP contribution in [0, 0.1) is 11.8 Å². The normalized spacial score (nSPS) is 25.0. The van der Waals surface area contributed by atoms with Gasteiger partial charge in [-0.1, -0.05) is 37.3 Å². The molecule has 0 radical (unpaired) electrons. The van der Waals surface area contributed by atoms with Crippen molar-refractivity contribution in [1.29, 1.82) is 0 Å². The van der Waals surface area contributed by atoms with Crippen LogP contribution in [0.15, 0.2) is 36.5 Å². The van der Waals surface area contributed by atoms with Crippen molar-refractivity contribution in [3.63, 3.8) is 0 Å². The largest absolute Gasteiger partial charge is 0.444 e. The van der Waals surface area contributed by atoms with Crippen LogP contribution in [0.4, 0.5) is 4.79 Å². The molecule has 31 heavy (non-hydrogen) atoms. The van der Waals surface area contributed by atoms with Crippen molar-refractivity contribution in [3.05, 3.63) is 42.2 Å². The van der Waals surface area contributed by atoms with Gasteiger partial charge in [0.25, 0.3) is 5.91 Å². The standard InChI is InChI=1S/C24H32N4O3/c1-15-17-11-18(12-17)28(20(15)13-25-23(30)31-24(2,3)4)22(29)21-19(14-27(5)26-21)16-9-7-6-8-10-16/h6-10,14-15,17-18,20H,11-13H2,1-5H3,(H,25,30)/t15-,17?,18?,20-/m1/s1. The van der Waals surface area contributed by atoms with E-state index in [0.717, 1.165) is 24.0 Å². The lowest BCUT2D eigenvalue weighted by molar-refractivity contribution is -0.0546. The number of benzene rings is 1. The molecule has 2 aromatic rings. The van der Waals surface area contributed by atoms with Crippen LogP contribution in [0.25, 0.3) is 11.1 Å². The predicted octanol–water partition coefficient (Wildman–Crippen LogP) is 3.85. The van der Waals surface area contributed by atoms with Crippen molar-refractivity contribution in [2.24, 2.45) is 18.9 Å². The number of nitrogens with zero attached hydrogens (tertiary/aromatic N) is 3. The number of nitrogens with one attached hydrogen (secondary N) is 1. The van der Waals surface area contributed by atoms with Crippen molar-refractivity contribution in [2.45, 2.75) is 58.2 Å². The number of hydrogen-bond acceptors (Lipinski definition) is 4. The Labute approximate surface area is 183 Å². The van der Waals surface area contributed by atoms with E-state index < -0.39 is 11.7 Å². The summed E-state index contributed by atoms with van der Waals surface area (Å²) in [5.74, 6) is 0.829. The highest BCUT2D eigenvalue weighted by Gasteiger charge is 2.51. The lowest BCUT2D eigenvalue weighted by atomic mass is 9.64. The zero-order chi connectivity index (χ0) is 22.3. The molecule has 0 unspecified atom stereocenters. The monoisotopic (exact) mass is 424 g/mol. The summed E-state index contributed by atoms with van der Waals surface area (Å²) in [5, 5.41) is 7.42. The molecular formula is C24H32N4O3. The molecule has 2 amide bonds. The first-order valence-corrected chi connectivity index (χ1v) is 11.0. The van der Waals surface area contributed by atoms with Crippen molar-refractivity contribution in [3.8, 4) is 11.1 Å². The molecule has 2 saturated heterocycles. The lowest BCUT2D eigenvalue weighted by Gasteiger charge is -2.57. The van der Waals surface area contributed by atoms with Crippen LogP contribution in [0.3, 0.4) is 0 Å². The molecule has 1 N–H and O–H groups in total. The van der Waals surface area contributed by atoms with Crippen LogP contribution < -0.4 is 5.32 Å². The summed E-state index contributed by atoms with van der Waals surface area (Å²) in [5.41, 5.74) is 1.71. The third-order valence-corrected chi connectivity index (χ3v) is 6.46. The SMILES string of the molecule is C[C@@H]1C2CC(C2)N(C(=O)c2nn(C)cc2-c2ccccc2)[C@@H]1CNC(=O)OC(C)(C)C. The van der Waals surface area contributed by atoms with E-state index in [-0.39, 0.29) is 18.0 Å². The Kier molecular flexibility index (Phi) is 5.54. The van der Waals surface area contributed by atoms with Crippen LogP contribution >= 0.6 is 0 Å². The third kappa shape index (κ3) is 4.31. The van der Waals surface area contributed by atoms with E-state index in [1.54, 1.807) is 4.68 Å². The first-order chi connectivity index (χ1) is 14.6. The molecule has 2 aliphatic heterocycles. The molecule has 2 bridgehead atoms. The summed E-state index contributed by atoms with van der Waals surface area (Å²) in [7, 11) is 1.84. The Hall–Kier alpha value is -2.83. The van der Waals surface area contributed by atoms with Crippen LogP contribution in [0.2, 0.25) is 0 Å². The van der Waals surface area contributed by atoms with E-state index in [9.17, 15) is 9.59 Å². The van der Waals surface area contributed by atoms with Gasteiger partial charge in [0.1, 0.15) is 5.60 Å². The number of amides is 2. The zero-order valence-electron chi connectivity index (χ0n) is 19.0. The highest BCUT2D eigenvalue weighted by atomic mass is 16.6. The predicted molar refractivity (Wildman–Crippen MR) is 119 cm³/mol. The molecular weight excluding hydrogens is 392 g/mol. The van der Waals surface area contributed by atoms with Crippen molar-refractivity contribution < 1.29 is 14.3 Å². The third-order valence-electron chi connectivity index (χ3n) is 6.46. The van der Waals surface area contributed by atoms with E-state index in [2.05, 4.69) is 17.3 Å². The molecule has 1 aliphatic carbocycles. The summed E-state index contributed by atoms with van der Waals surface area (Å²) in [6, 6.07) is 9.99. The van der Waals surface area contributed by atoms with E-state index in [1.165, 1.54) is 0 Å². The van der Waals surface area contributed by atoms with Gasteiger partial charge in [-0.05, 0) is 51.0 Å². The van der Waals surface area contributed by atoms with Crippen molar-refractivity contribution in [2.75, 3.05) is 6.54 Å². The van der Waals surface area contributed by atoms with Crippen LogP contribution in [0.1, 0.15) is 51.0 Å².